The van der Waals surface area contributed by atoms with Crippen molar-refractivity contribution in [3.8, 4) is 0 Å². The number of ether oxygens (including phenoxy) is 4. The van der Waals surface area contributed by atoms with Gasteiger partial charge >= 0.3 is 0 Å². The Kier molecular flexibility index (Phi) is 35.5. The van der Waals surface area contributed by atoms with E-state index in [0.29, 0.717) is 6.42 Å². The molecular weight excluding hydrogens is 835 g/mol. The molecule has 12 unspecified atom stereocenters. The second-order valence-corrected chi connectivity index (χ2v) is 19.0. The molecule has 65 heavy (non-hydrogen) atoms. The Hall–Kier alpha value is -1.27. The fourth-order valence-electron chi connectivity index (χ4n) is 8.88. The number of nitrogens with one attached hydrogen (secondary N) is 1. The molecule has 0 bridgehead atoms. The van der Waals surface area contributed by atoms with Gasteiger partial charge in [0.05, 0.1) is 32.0 Å². The molecule has 2 aliphatic rings. The zero-order valence-electron chi connectivity index (χ0n) is 40.7. The maximum Gasteiger partial charge on any atom is 0.220 e. The van der Waals surface area contributed by atoms with Gasteiger partial charge < -0.3 is 65.1 Å². The van der Waals surface area contributed by atoms with Crippen molar-refractivity contribution in [3.63, 3.8) is 0 Å². The van der Waals surface area contributed by atoms with Crippen LogP contribution in [0.25, 0.3) is 0 Å². The predicted octanol–water partition coefficient (Wildman–Crippen LogP) is 7.16. The van der Waals surface area contributed by atoms with E-state index in [2.05, 4.69) is 19.2 Å². The minimum Gasteiger partial charge on any atom is -0.394 e. The van der Waals surface area contributed by atoms with Crippen LogP contribution in [0.1, 0.15) is 213 Å². The topological polar surface area (TPSA) is 228 Å². The second-order valence-electron chi connectivity index (χ2n) is 19.0. The van der Waals surface area contributed by atoms with Gasteiger partial charge in [0.2, 0.25) is 5.91 Å². The number of hydrogen-bond donors (Lipinski definition) is 9. The molecular formula is C51H97NO13. The van der Waals surface area contributed by atoms with Gasteiger partial charge in [-0.25, -0.2) is 0 Å². The van der Waals surface area contributed by atoms with E-state index < -0.39 is 86.8 Å². The number of unbranched alkanes of at least 4 members (excludes halogenated alkanes) is 28. The fourth-order valence-corrected chi connectivity index (χ4v) is 8.88. The van der Waals surface area contributed by atoms with Crippen LogP contribution in [-0.2, 0) is 23.7 Å². The standard InChI is InChI=1S/C51H97NO13/c1-3-5-7-9-11-12-13-14-15-16-17-18-19-20-21-22-23-24-25-26-27-28-29-31-33-35-43(56)52-39(40(55)34-32-30-10-8-6-4-2)38-62-50-48(61)46(59)49(42(37-54)64-50)65-51-47(60)45(58)44(57)41(36-53)63-51/h32,34,39-42,44-51,53-55,57-61H,3-31,33,35-38H2,1-2H3,(H,52,56)/b34-32+. The molecule has 2 aliphatic heterocycles. The summed E-state index contributed by atoms with van der Waals surface area (Å²) in [4.78, 5) is 13.1. The average molecular weight is 932 g/mol. The predicted molar refractivity (Wildman–Crippen MR) is 254 cm³/mol. The molecule has 2 fully saturated rings. The molecule has 12 atom stereocenters. The molecule has 0 aliphatic carbocycles. The van der Waals surface area contributed by atoms with E-state index >= 15 is 0 Å². The highest BCUT2D eigenvalue weighted by atomic mass is 16.7. The number of amides is 1. The summed E-state index contributed by atoms with van der Waals surface area (Å²) in [7, 11) is 0. The molecule has 2 saturated heterocycles. The van der Waals surface area contributed by atoms with Crippen LogP contribution in [0.4, 0.5) is 0 Å². The minimum absolute atomic E-state index is 0.241. The molecule has 0 spiro atoms. The summed E-state index contributed by atoms with van der Waals surface area (Å²) in [6, 6.07) is -0.905. The van der Waals surface area contributed by atoms with Crippen molar-refractivity contribution < 1.29 is 64.6 Å². The summed E-state index contributed by atoms with van der Waals surface area (Å²) >= 11 is 0. The summed E-state index contributed by atoms with van der Waals surface area (Å²) in [6.45, 7) is 2.71. The third-order valence-electron chi connectivity index (χ3n) is 13.2. The molecule has 0 aromatic carbocycles. The highest BCUT2D eigenvalue weighted by Crippen LogP contribution is 2.30. The van der Waals surface area contributed by atoms with Gasteiger partial charge in [-0.2, -0.15) is 0 Å². The van der Waals surface area contributed by atoms with Gasteiger partial charge in [-0.05, 0) is 19.3 Å². The summed E-state index contributed by atoms with van der Waals surface area (Å²) in [5.74, 6) is -0.241. The van der Waals surface area contributed by atoms with E-state index in [4.69, 9.17) is 18.9 Å². The average Bonchev–Trinajstić information content (AvgIpc) is 3.30. The largest absolute Gasteiger partial charge is 0.394 e. The molecule has 384 valence electrons. The first kappa shape index (κ1) is 59.9. The summed E-state index contributed by atoms with van der Waals surface area (Å²) < 4.78 is 22.6. The SMILES string of the molecule is CCCCCC/C=C/C(O)C(COC1OC(CO)C(OC2OC(CO)C(O)C(O)C2O)C(O)C1O)NC(=O)CCCCCCCCCCCCCCCCCCCCCCCCCCC. The zero-order chi connectivity index (χ0) is 47.5. The highest BCUT2D eigenvalue weighted by Gasteiger charge is 2.51. The first-order valence-corrected chi connectivity index (χ1v) is 26.4. The Balaban J connectivity index is 1.65. The molecule has 14 heteroatoms. The van der Waals surface area contributed by atoms with Gasteiger partial charge in [-0.3, -0.25) is 4.79 Å². The third kappa shape index (κ3) is 25.8. The van der Waals surface area contributed by atoms with Crippen molar-refractivity contribution in [1.82, 2.24) is 5.32 Å². The number of aliphatic hydroxyl groups excluding tert-OH is 8. The van der Waals surface area contributed by atoms with Crippen LogP contribution >= 0.6 is 0 Å². The van der Waals surface area contributed by atoms with Gasteiger partial charge in [0, 0.05) is 6.42 Å². The van der Waals surface area contributed by atoms with Crippen molar-refractivity contribution in [2.75, 3.05) is 19.8 Å². The molecule has 14 nitrogen and oxygen atoms in total. The van der Waals surface area contributed by atoms with E-state index in [1.54, 1.807) is 6.08 Å². The van der Waals surface area contributed by atoms with Gasteiger partial charge in [0.15, 0.2) is 12.6 Å². The van der Waals surface area contributed by atoms with Gasteiger partial charge in [0.25, 0.3) is 0 Å². The minimum atomic E-state index is -1.78. The van der Waals surface area contributed by atoms with Crippen LogP contribution in [0, 0.1) is 0 Å². The number of allylic oxidation sites excluding steroid dienone is 1. The fraction of sp³-hybridized carbons (Fsp3) is 0.941. The zero-order valence-corrected chi connectivity index (χ0v) is 40.7. The normalized spacial score (nSPS) is 27.0. The van der Waals surface area contributed by atoms with Gasteiger partial charge in [0.1, 0.15) is 48.8 Å². The lowest BCUT2D eigenvalue weighted by atomic mass is 9.97. The van der Waals surface area contributed by atoms with Crippen molar-refractivity contribution in [2.24, 2.45) is 0 Å². The maximum atomic E-state index is 13.1. The Labute approximate surface area is 393 Å². The van der Waals surface area contributed by atoms with Crippen LogP contribution < -0.4 is 5.32 Å². The van der Waals surface area contributed by atoms with E-state index in [-0.39, 0.29) is 18.9 Å². The smallest absolute Gasteiger partial charge is 0.220 e. The van der Waals surface area contributed by atoms with Crippen LogP contribution in [0.3, 0.4) is 0 Å². The van der Waals surface area contributed by atoms with E-state index in [1.807, 2.05) is 6.08 Å². The molecule has 9 N–H and O–H groups in total. The van der Waals surface area contributed by atoms with Crippen molar-refractivity contribution in [1.29, 1.82) is 0 Å². The van der Waals surface area contributed by atoms with Crippen LogP contribution in [0.2, 0.25) is 0 Å². The third-order valence-corrected chi connectivity index (χ3v) is 13.2. The lowest BCUT2D eigenvalue weighted by Gasteiger charge is -2.46. The monoisotopic (exact) mass is 932 g/mol. The lowest BCUT2D eigenvalue weighted by Crippen LogP contribution is -2.65. The Morgan fingerprint density at radius 2 is 0.954 bits per heavy atom. The first-order valence-electron chi connectivity index (χ1n) is 26.4. The van der Waals surface area contributed by atoms with Crippen LogP contribution in [-0.4, -0.2) is 140 Å². The number of carbonyl (C=O) groups is 1. The van der Waals surface area contributed by atoms with Crippen molar-refractivity contribution in [2.45, 2.75) is 286 Å². The molecule has 2 rings (SSSR count). The van der Waals surface area contributed by atoms with Crippen molar-refractivity contribution in [3.05, 3.63) is 12.2 Å². The number of hydrogen-bond acceptors (Lipinski definition) is 13. The van der Waals surface area contributed by atoms with E-state index in [1.165, 1.54) is 135 Å². The summed E-state index contributed by atoms with van der Waals surface area (Å²) in [5.41, 5.74) is 0. The molecule has 2 heterocycles. The van der Waals surface area contributed by atoms with Crippen molar-refractivity contribution >= 4 is 5.91 Å². The first-order chi connectivity index (χ1) is 31.6. The molecule has 0 aromatic rings. The quantitative estimate of drug-likeness (QED) is 0.0219. The van der Waals surface area contributed by atoms with Gasteiger partial charge in [-0.15, -0.1) is 0 Å². The number of carbonyl (C=O) groups excluding carboxylic acids is 1. The molecule has 1 amide bonds. The Bertz CT molecular complexity index is 1150. The van der Waals surface area contributed by atoms with Crippen LogP contribution in [0.15, 0.2) is 12.2 Å². The molecule has 0 radical (unpaired) electrons. The highest BCUT2D eigenvalue weighted by molar-refractivity contribution is 5.76. The summed E-state index contributed by atoms with van der Waals surface area (Å²) in [5, 5.41) is 86.3. The number of aliphatic hydroxyl groups is 8. The lowest BCUT2D eigenvalue weighted by molar-refractivity contribution is -0.359. The molecule has 0 saturated carbocycles. The Morgan fingerprint density at radius 1 is 0.538 bits per heavy atom. The Morgan fingerprint density at radius 3 is 1.42 bits per heavy atom. The maximum absolute atomic E-state index is 13.1. The van der Waals surface area contributed by atoms with E-state index in [0.717, 1.165) is 51.4 Å². The molecule has 0 aromatic heterocycles. The summed E-state index contributed by atoms with van der Waals surface area (Å²) in [6.07, 6.45) is 24.6. The second kappa shape index (κ2) is 38.6. The van der Waals surface area contributed by atoms with Gasteiger partial charge in [-0.1, -0.05) is 199 Å². The number of rotatable bonds is 41. The van der Waals surface area contributed by atoms with Crippen LogP contribution in [0.5, 0.6) is 0 Å². The van der Waals surface area contributed by atoms with E-state index in [9.17, 15) is 45.6 Å².